The Morgan fingerprint density at radius 3 is 2.15 bits per heavy atom. The summed E-state index contributed by atoms with van der Waals surface area (Å²) in [6.45, 7) is 6.34. The number of halogens is 2. The molecule has 3 aromatic rings. The van der Waals surface area contributed by atoms with Gasteiger partial charge in [-0.2, -0.15) is 0 Å². The molecule has 10 heteroatoms. The van der Waals surface area contributed by atoms with Crippen LogP contribution in [0.15, 0.2) is 71.7 Å². The minimum Gasteiger partial charge on any atom is -0.336 e. The summed E-state index contributed by atoms with van der Waals surface area (Å²) in [5, 5.41) is 4.65. The lowest BCUT2D eigenvalue weighted by Crippen LogP contribution is -2.48. The molecule has 2 N–H and O–H groups in total. The molecule has 0 spiro atoms. The Bertz CT molecular complexity index is 1410. The summed E-state index contributed by atoms with van der Waals surface area (Å²) in [5.74, 6) is -1.97. The molecule has 0 bridgehead atoms. The molecule has 1 heterocycles. The van der Waals surface area contributed by atoms with Gasteiger partial charge in [0.25, 0.3) is 11.8 Å². The van der Waals surface area contributed by atoms with E-state index < -0.39 is 17.7 Å². The molecule has 1 aliphatic rings. The van der Waals surface area contributed by atoms with Gasteiger partial charge in [0.05, 0.1) is 11.4 Å². The molecule has 0 aliphatic carbocycles. The lowest BCUT2D eigenvalue weighted by Gasteiger charge is -2.35. The fourth-order valence-corrected chi connectivity index (χ4v) is 4.21. The molecule has 0 saturated carbocycles. The van der Waals surface area contributed by atoms with E-state index in [1.807, 2.05) is 18.2 Å². The van der Waals surface area contributed by atoms with Crippen LogP contribution in [0.2, 0.25) is 0 Å². The Morgan fingerprint density at radius 2 is 1.49 bits per heavy atom. The van der Waals surface area contributed by atoms with E-state index >= 15 is 0 Å². The third kappa shape index (κ3) is 7.32. The maximum absolute atomic E-state index is 14.7. The monoisotopic (exact) mass is 533 g/mol. The molecule has 3 aromatic carbocycles. The number of anilines is 2. The van der Waals surface area contributed by atoms with Gasteiger partial charge in [-0.3, -0.25) is 14.5 Å². The van der Waals surface area contributed by atoms with E-state index in [0.717, 1.165) is 11.6 Å². The van der Waals surface area contributed by atoms with Crippen molar-refractivity contribution in [3.8, 4) is 0 Å². The first-order valence-electron chi connectivity index (χ1n) is 12.5. The normalized spacial score (nSPS) is 13.5. The van der Waals surface area contributed by atoms with Crippen LogP contribution in [0.5, 0.6) is 0 Å². The van der Waals surface area contributed by atoms with Gasteiger partial charge in [0.2, 0.25) is 0 Å². The van der Waals surface area contributed by atoms with Crippen LogP contribution in [0.25, 0.3) is 0 Å². The number of rotatable bonds is 6. The van der Waals surface area contributed by atoms with E-state index in [1.165, 1.54) is 30.3 Å². The number of amides is 4. The maximum Gasteiger partial charge on any atom is 0.323 e. The van der Waals surface area contributed by atoms with Crippen molar-refractivity contribution in [2.75, 3.05) is 36.8 Å². The number of benzene rings is 3. The number of nitrogens with zero attached hydrogens (tertiary/aromatic N) is 3. The Labute approximate surface area is 225 Å². The largest absolute Gasteiger partial charge is 0.336 e. The van der Waals surface area contributed by atoms with Crippen LogP contribution >= 0.6 is 0 Å². The average Bonchev–Trinajstić information content (AvgIpc) is 2.91. The van der Waals surface area contributed by atoms with Gasteiger partial charge in [-0.1, -0.05) is 24.3 Å². The minimum absolute atomic E-state index is 0.0386. The summed E-state index contributed by atoms with van der Waals surface area (Å²) >= 11 is 0. The van der Waals surface area contributed by atoms with Crippen LogP contribution in [0.3, 0.4) is 0 Å². The van der Waals surface area contributed by atoms with Gasteiger partial charge in [0, 0.05) is 49.6 Å². The highest BCUT2D eigenvalue weighted by molar-refractivity contribution is 6.03. The van der Waals surface area contributed by atoms with Gasteiger partial charge in [0.1, 0.15) is 11.6 Å². The Balaban J connectivity index is 1.31. The summed E-state index contributed by atoms with van der Waals surface area (Å²) in [4.78, 5) is 45.2. The Hall–Kier alpha value is -4.44. The zero-order chi connectivity index (χ0) is 27.9. The standard InChI is InChI=1S/C29H29F2N5O3/c1-19(2)32-27(37)21-7-5-6-20(16-21)18-35-12-14-36(15-13-35)28(38)22-10-11-26(24(31)17-22)34-29(39)33-25-9-4-3-8-23(25)30/h3-11,16-17H,12-15,18H2,1-2H3,(H2,33,34,39). The van der Waals surface area contributed by atoms with E-state index in [0.29, 0.717) is 44.0 Å². The van der Waals surface area contributed by atoms with Crippen molar-refractivity contribution in [2.45, 2.75) is 20.4 Å². The predicted octanol–water partition coefficient (Wildman–Crippen LogP) is 5.19. The quantitative estimate of drug-likeness (QED) is 0.427. The molecule has 39 heavy (non-hydrogen) atoms. The lowest BCUT2D eigenvalue weighted by molar-refractivity contribution is 0.0627. The van der Waals surface area contributed by atoms with Crippen molar-refractivity contribution < 1.29 is 23.2 Å². The van der Waals surface area contributed by atoms with Crippen LogP contribution in [0.1, 0.15) is 40.1 Å². The summed E-state index contributed by atoms with van der Waals surface area (Å²) < 4.78 is 28.4. The summed E-state index contributed by atoms with van der Waals surface area (Å²) in [6, 6.07) is 16.0. The van der Waals surface area contributed by atoms with Gasteiger partial charge >= 0.3 is 6.03 Å². The number of piperazine rings is 1. The molecule has 1 saturated heterocycles. The van der Waals surface area contributed by atoms with Crippen LogP contribution < -0.4 is 10.6 Å². The molecular weight excluding hydrogens is 504 g/mol. The van der Waals surface area contributed by atoms with E-state index in [2.05, 4.69) is 20.5 Å². The van der Waals surface area contributed by atoms with Gasteiger partial charge in [-0.15, -0.1) is 0 Å². The Kier molecular flexibility index (Phi) is 8.77. The maximum atomic E-state index is 14.7. The average molecular weight is 534 g/mol. The van der Waals surface area contributed by atoms with Crippen LogP contribution in [0.4, 0.5) is 25.0 Å². The predicted molar refractivity (Wildman–Crippen MR) is 146 cm³/mol. The highest BCUT2D eigenvalue weighted by atomic mass is 19.1. The number of hydrogen-bond donors (Lipinski definition) is 2. The molecule has 202 valence electrons. The van der Waals surface area contributed by atoms with E-state index in [4.69, 9.17) is 0 Å². The van der Waals surface area contributed by atoms with Crippen LogP contribution in [-0.4, -0.2) is 59.5 Å². The molecule has 4 rings (SSSR count). The summed E-state index contributed by atoms with van der Waals surface area (Å²) in [5.41, 5.74) is 2.20. The fraction of sp³-hybridized carbons (Fsp3) is 0.241. The SMILES string of the molecule is CC(C)=NC(=O)c1cccc(CN2CCN(C(=O)c3ccc(NC(=O)Nc4ccccc4F)c(F)c3)CC2)c1. The van der Waals surface area contributed by atoms with Crippen molar-refractivity contribution in [1.82, 2.24) is 9.80 Å². The smallest absolute Gasteiger partial charge is 0.323 e. The zero-order valence-corrected chi connectivity index (χ0v) is 21.7. The molecule has 0 aromatic heterocycles. The molecule has 1 fully saturated rings. The number of nitrogens with one attached hydrogen (secondary N) is 2. The number of carbonyl (C=O) groups is 3. The number of aliphatic imine (C=N–C) groups is 1. The van der Waals surface area contributed by atoms with Crippen molar-refractivity contribution in [2.24, 2.45) is 4.99 Å². The fourth-order valence-electron chi connectivity index (χ4n) is 4.21. The van der Waals surface area contributed by atoms with Crippen molar-refractivity contribution >= 4 is 34.9 Å². The highest BCUT2D eigenvalue weighted by Gasteiger charge is 2.23. The van der Waals surface area contributed by atoms with E-state index in [-0.39, 0.29) is 28.8 Å². The van der Waals surface area contributed by atoms with Crippen LogP contribution in [-0.2, 0) is 6.54 Å². The van der Waals surface area contributed by atoms with Crippen molar-refractivity contribution in [3.63, 3.8) is 0 Å². The van der Waals surface area contributed by atoms with Gasteiger partial charge < -0.3 is 15.5 Å². The second-order valence-corrected chi connectivity index (χ2v) is 9.39. The number of urea groups is 1. The van der Waals surface area contributed by atoms with Gasteiger partial charge in [0.15, 0.2) is 0 Å². The molecule has 0 radical (unpaired) electrons. The molecule has 0 atom stereocenters. The second-order valence-electron chi connectivity index (χ2n) is 9.39. The molecule has 1 aliphatic heterocycles. The minimum atomic E-state index is -0.808. The third-order valence-corrected chi connectivity index (χ3v) is 6.15. The number of para-hydroxylation sites is 1. The topological polar surface area (TPSA) is 94.1 Å². The lowest BCUT2D eigenvalue weighted by atomic mass is 10.1. The van der Waals surface area contributed by atoms with Gasteiger partial charge in [-0.25, -0.2) is 18.6 Å². The molecule has 0 unspecified atom stereocenters. The number of hydrogen-bond acceptors (Lipinski definition) is 4. The van der Waals surface area contributed by atoms with Crippen molar-refractivity contribution in [3.05, 3.63) is 95.1 Å². The molecular formula is C29H29F2N5O3. The number of carbonyl (C=O) groups excluding carboxylic acids is 3. The van der Waals surface area contributed by atoms with E-state index in [9.17, 15) is 23.2 Å². The first-order chi connectivity index (χ1) is 18.7. The molecule has 4 amide bonds. The van der Waals surface area contributed by atoms with Crippen molar-refractivity contribution in [1.29, 1.82) is 0 Å². The third-order valence-electron chi connectivity index (χ3n) is 6.15. The second kappa shape index (κ2) is 12.4. The highest BCUT2D eigenvalue weighted by Crippen LogP contribution is 2.20. The van der Waals surface area contributed by atoms with E-state index in [1.54, 1.807) is 30.9 Å². The summed E-state index contributed by atoms with van der Waals surface area (Å²) in [7, 11) is 0. The first-order valence-corrected chi connectivity index (χ1v) is 12.5. The molecule has 8 nitrogen and oxygen atoms in total. The zero-order valence-electron chi connectivity index (χ0n) is 21.7. The summed E-state index contributed by atoms with van der Waals surface area (Å²) in [6.07, 6.45) is 0. The van der Waals surface area contributed by atoms with Gasteiger partial charge in [-0.05, 0) is 61.9 Å². The van der Waals surface area contributed by atoms with Crippen LogP contribution in [0, 0.1) is 11.6 Å². The Morgan fingerprint density at radius 1 is 0.795 bits per heavy atom. The first kappa shape index (κ1) is 27.6.